The Labute approximate surface area is 163 Å². The number of anilines is 1. The number of ether oxygens (including phenoxy) is 1. The van der Waals surface area contributed by atoms with Crippen LogP contribution in [-0.4, -0.2) is 49.1 Å². The molecule has 2 heterocycles. The van der Waals surface area contributed by atoms with Gasteiger partial charge in [0.25, 0.3) is 5.91 Å². The SMILES string of the molecule is CC1CN(S(=O)(=O)c2ccc(C(=O)Nc3onc4c3CCC4)cc2)CC(C)O1. The molecule has 9 heteroatoms. The lowest BCUT2D eigenvalue weighted by Gasteiger charge is -2.34. The van der Waals surface area contributed by atoms with Crippen LogP contribution in [0, 0.1) is 0 Å². The van der Waals surface area contributed by atoms with E-state index < -0.39 is 10.0 Å². The summed E-state index contributed by atoms with van der Waals surface area (Å²) in [4.78, 5) is 12.6. The van der Waals surface area contributed by atoms with Crippen molar-refractivity contribution >= 4 is 21.8 Å². The number of carbonyl (C=O) groups excluding carboxylic acids is 1. The lowest BCUT2D eigenvalue weighted by Crippen LogP contribution is -2.48. The van der Waals surface area contributed by atoms with E-state index in [1.807, 2.05) is 13.8 Å². The van der Waals surface area contributed by atoms with Crippen LogP contribution in [0.25, 0.3) is 0 Å². The first-order valence-corrected chi connectivity index (χ1v) is 10.8. The van der Waals surface area contributed by atoms with Gasteiger partial charge in [0.2, 0.25) is 15.9 Å². The number of aromatic nitrogens is 1. The summed E-state index contributed by atoms with van der Waals surface area (Å²) in [6.07, 6.45) is 2.38. The van der Waals surface area contributed by atoms with Gasteiger partial charge in [0.15, 0.2) is 0 Å². The first-order chi connectivity index (χ1) is 13.3. The third kappa shape index (κ3) is 3.57. The fourth-order valence-corrected chi connectivity index (χ4v) is 5.35. The molecule has 1 aromatic heterocycles. The molecule has 2 aromatic rings. The molecule has 0 saturated carbocycles. The number of hydrogen-bond acceptors (Lipinski definition) is 6. The second-order valence-corrected chi connectivity index (χ2v) is 9.29. The predicted molar refractivity (Wildman–Crippen MR) is 102 cm³/mol. The highest BCUT2D eigenvalue weighted by atomic mass is 32.2. The highest BCUT2D eigenvalue weighted by Gasteiger charge is 2.32. The van der Waals surface area contributed by atoms with Gasteiger partial charge in [-0.15, -0.1) is 0 Å². The zero-order valence-electron chi connectivity index (χ0n) is 15.8. The first-order valence-electron chi connectivity index (χ1n) is 9.39. The van der Waals surface area contributed by atoms with Gasteiger partial charge in [0.05, 0.1) is 22.8 Å². The van der Waals surface area contributed by atoms with Crippen LogP contribution in [0.5, 0.6) is 0 Å². The minimum absolute atomic E-state index is 0.158. The molecule has 1 fully saturated rings. The number of carbonyl (C=O) groups is 1. The fraction of sp³-hybridized carbons (Fsp3) is 0.474. The molecule has 150 valence electrons. The van der Waals surface area contributed by atoms with Crippen LogP contribution in [0.2, 0.25) is 0 Å². The highest BCUT2D eigenvalue weighted by Crippen LogP contribution is 2.29. The molecule has 2 unspecified atom stereocenters. The van der Waals surface area contributed by atoms with Gasteiger partial charge >= 0.3 is 0 Å². The lowest BCUT2D eigenvalue weighted by atomic mass is 10.2. The topological polar surface area (TPSA) is 102 Å². The average Bonchev–Trinajstić information content (AvgIpc) is 3.26. The van der Waals surface area contributed by atoms with E-state index in [0.29, 0.717) is 24.5 Å². The van der Waals surface area contributed by atoms with E-state index in [9.17, 15) is 13.2 Å². The Morgan fingerprint density at radius 2 is 1.82 bits per heavy atom. The van der Waals surface area contributed by atoms with Crippen LogP contribution in [0.1, 0.15) is 41.9 Å². The number of fused-ring (bicyclic) bond motifs is 1. The van der Waals surface area contributed by atoms with Crippen molar-refractivity contribution in [3.63, 3.8) is 0 Å². The van der Waals surface area contributed by atoms with Crippen LogP contribution in [0.3, 0.4) is 0 Å². The summed E-state index contributed by atoms with van der Waals surface area (Å²) >= 11 is 0. The molecule has 2 atom stereocenters. The number of rotatable bonds is 4. The van der Waals surface area contributed by atoms with Crippen molar-refractivity contribution in [3.8, 4) is 0 Å². The van der Waals surface area contributed by atoms with E-state index in [1.54, 1.807) is 0 Å². The summed E-state index contributed by atoms with van der Waals surface area (Å²) in [6, 6.07) is 5.93. The molecule has 28 heavy (non-hydrogen) atoms. The number of nitrogens with zero attached hydrogens (tertiary/aromatic N) is 2. The van der Waals surface area contributed by atoms with Crippen molar-refractivity contribution in [2.24, 2.45) is 0 Å². The second kappa shape index (κ2) is 7.31. The molecule has 0 spiro atoms. The van der Waals surface area contributed by atoms with Crippen LogP contribution < -0.4 is 5.32 Å². The van der Waals surface area contributed by atoms with E-state index in [0.717, 1.165) is 30.5 Å². The van der Waals surface area contributed by atoms with E-state index in [-0.39, 0.29) is 23.0 Å². The molecule has 1 N–H and O–H groups in total. The summed E-state index contributed by atoms with van der Waals surface area (Å²) in [7, 11) is -3.64. The van der Waals surface area contributed by atoms with Crippen LogP contribution >= 0.6 is 0 Å². The molecule has 1 aromatic carbocycles. The minimum atomic E-state index is -3.64. The number of aryl methyl sites for hydroxylation is 1. The van der Waals surface area contributed by atoms with Crippen LogP contribution in [0.15, 0.2) is 33.7 Å². The van der Waals surface area contributed by atoms with Crippen molar-refractivity contribution in [3.05, 3.63) is 41.1 Å². The Hall–Kier alpha value is -2.23. The number of sulfonamides is 1. The van der Waals surface area contributed by atoms with E-state index in [4.69, 9.17) is 9.26 Å². The third-order valence-corrected chi connectivity index (χ3v) is 6.92. The molecular formula is C19H23N3O5S. The maximum absolute atomic E-state index is 12.9. The van der Waals surface area contributed by atoms with Crippen molar-refractivity contribution < 1.29 is 22.5 Å². The second-order valence-electron chi connectivity index (χ2n) is 7.35. The molecule has 0 radical (unpaired) electrons. The largest absolute Gasteiger partial charge is 0.373 e. The molecule has 1 amide bonds. The Balaban J connectivity index is 1.49. The van der Waals surface area contributed by atoms with Crippen molar-refractivity contribution in [2.45, 2.75) is 50.2 Å². The third-order valence-electron chi connectivity index (χ3n) is 5.08. The molecule has 2 aliphatic rings. The molecule has 4 rings (SSSR count). The quantitative estimate of drug-likeness (QED) is 0.837. The number of nitrogens with one attached hydrogen (secondary N) is 1. The average molecular weight is 405 g/mol. The van der Waals surface area contributed by atoms with E-state index in [1.165, 1.54) is 28.6 Å². The van der Waals surface area contributed by atoms with Crippen molar-refractivity contribution in [1.29, 1.82) is 0 Å². The molecule has 1 saturated heterocycles. The Bertz CT molecular complexity index is 973. The van der Waals surface area contributed by atoms with Gasteiger partial charge in [-0.2, -0.15) is 4.31 Å². The maximum Gasteiger partial charge on any atom is 0.258 e. The molecule has 1 aliphatic heterocycles. The molecule has 1 aliphatic carbocycles. The Morgan fingerprint density at radius 3 is 2.50 bits per heavy atom. The van der Waals surface area contributed by atoms with Gasteiger partial charge in [-0.1, -0.05) is 5.16 Å². The summed E-state index contributed by atoms with van der Waals surface area (Å²) in [6.45, 7) is 4.33. The van der Waals surface area contributed by atoms with Crippen LogP contribution in [-0.2, 0) is 27.6 Å². The summed E-state index contributed by atoms with van der Waals surface area (Å²) in [5.41, 5.74) is 2.19. The van der Waals surface area contributed by atoms with Gasteiger partial charge in [-0.25, -0.2) is 8.42 Å². The molecular weight excluding hydrogens is 382 g/mol. The summed E-state index contributed by atoms with van der Waals surface area (Å²) < 4.78 is 38.0. The zero-order chi connectivity index (χ0) is 19.9. The zero-order valence-corrected chi connectivity index (χ0v) is 16.7. The molecule has 0 bridgehead atoms. The Kier molecular flexibility index (Phi) is 4.98. The van der Waals surface area contributed by atoms with Gasteiger partial charge in [-0.05, 0) is 57.4 Å². The monoisotopic (exact) mass is 405 g/mol. The highest BCUT2D eigenvalue weighted by molar-refractivity contribution is 7.89. The first kappa shape index (κ1) is 19.1. The normalized spacial score (nSPS) is 22.8. The fourth-order valence-electron chi connectivity index (χ4n) is 3.76. The number of amides is 1. The van der Waals surface area contributed by atoms with E-state index in [2.05, 4.69) is 10.5 Å². The minimum Gasteiger partial charge on any atom is -0.373 e. The number of benzene rings is 1. The van der Waals surface area contributed by atoms with Crippen molar-refractivity contribution in [2.75, 3.05) is 18.4 Å². The van der Waals surface area contributed by atoms with E-state index >= 15 is 0 Å². The van der Waals surface area contributed by atoms with Crippen molar-refractivity contribution in [1.82, 2.24) is 9.46 Å². The van der Waals surface area contributed by atoms with Gasteiger partial charge in [-0.3, -0.25) is 10.1 Å². The predicted octanol–water partition coefficient (Wildman–Crippen LogP) is 2.21. The Morgan fingerprint density at radius 1 is 1.14 bits per heavy atom. The van der Waals surface area contributed by atoms with Gasteiger partial charge in [0.1, 0.15) is 0 Å². The smallest absolute Gasteiger partial charge is 0.258 e. The van der Waals surface area contributed by atoms with Crippen LogP contribution in [0.4, 0.5) is 5.88 Å². The number of hydrogen-bond donors (Lipinski definition) is 1. The lowest BCUT2D eigenvalue weighted by molar-refractivity contribution is -0.0440. The summed E-state index contributed by atoms with van der Waals surface area (Å²) in [5.74, 6) is 0.0221. The maximum atomic E-state index is 12.9. The standard InChI is InChI=1S/C19H23N3O5S/c1-12-10-22(11-13(2)26-12)28(24,25)15-8-6-14(7-9-15)18(23)20-19-16-4-3-5-17(16)21-27-19/h6-9,12-13H,3-5,10-11H2,1-2H3,(H,20,23). The van der Waals surface area contributed by atoms with Gasteiger partial charge in [0, 0.05) is 24.2 Å². The molecule has 8 nitrogen and oxygen atoms in total. The van der Waals surface area contributed by atoms with Gasteiger partial charge < -0.3 is 9.26 Å². The summed E-state index contributed by atoms with van der Waals surface area (Å²) in [5, 5.41) is 6.70. The number of morpholine rings is 1.